The highest BCUT2D eigenvalue weighted by molar-refractivity contribution is 5.59. The number of hydrogen-bond donors (Lipinski definition) is 0. The number of ether oxygens (including phenoxy) is 6. The zero-order valence-corrected chi connectivity index (χ0v) is 20.2. The minimum atomic E-state index is -1.21. The van der Waals surface area contributed by atoms with Crippen LogP contribution in [0.3, 0.4) is 0 Å². The van der Waals surface area contributed by atoms with Crippen LogP contribution in [0.25, 0.3) is 0 Å². The fourth-order valence-electron chi connectivity index (χ4n) is 4.58. The lowest BCUT2D eigenvalue weighted by Crippen LogP contribution is -2.29. The molecule has 1 aliphatic carbocycles. The first-order chi connectivity index (χ1) is 17.3. The van der Waals surface area contributed by atoms with Crippen LogP contribution in [-0.2, 0) is 9.47 Å². The first-order valence-corrected chi connectivity index (χ1v) is 11.1. The summed E-state index contributed by atoms with van der Waals surface area (Å²) in [6.07, 6.45) is 3.50. The maximum absolute atomic E-state index is 12.1. The third-order valence-corrected chi connectivity index (χ3v) is 6.27. The van der Waals surface area contributed by atoms with Gasteiger partial charge in [0.25, 0.3) is 11.4 Å². The van der Waals surface area contributed by atoms with Gasteiger partial charge in [0.1, 0.15) is 12.2 Å². The van der Waals surface area contributed by atoms with Crippen LogP contribution < -0.4 is 18.9 Å². The van der Waals surface area contributed by atoms with E-state index in [1.165, 1.54) is 52.7 Å². The molecule has 0 radical (unpaired) electrons. The number of benzene rings is 2. The summed E-state index contributed by atoms with van der Waals surface area (Å²) in [6, 6.07) is 5.35. The third-order valence-electron chi connectivity index (χ3n) is 6.27. The highest BCUT2D eigenvalue weighted by atomic mass is 16.8. The number of hydrogen-bond acceptors (Lipinski definition) is 10. The van der Waals surface area contributed by atoms with E-state index < -0.39 is 27.8 Å². The van der Waals surface area contributed by atoms with Crippen LogP contribution in [-0.4, -0.2) is 44.1 Å². The SMILES string of the molecule is COc1cc([C@H]2OC3(C=CCCC3)O[C@@H]2c2cc(OC)c(OC)cc2[N+](=O)[O-])c([N+](=O)[O-])cc1OC. The fourth-order valence-corrected chi connectivity index (χ4v) is 4.58. The van der Waals surface area contributed by atoms with Gasteiger partial charge in [-0.1, -0.05) is 6.08 Å². The van der Waals surface area contributed by atoms with E-state index in [2.05, 4.69) is 0 Å². The second-order valence-electron chi connectivity index (χ2n) is 8.23. The standard InChI is InChI=1S/C24H26N2O10/c1-31-18-10-14(16(25(27)28)12-20(18)33-3)22-23(36-24(35-22)8-6-5-7-9-24)15-11-19(32-2)21(34-4)13-17(15)26(29)30/h6,8,10-13,22-23H,5,7,9H2,1-4H3/t22-,23-/m1/s1. The zero-order valence-electron chi connectivity index (χ0n) is 20.2. The molecule has 1 aliphatic heterocycles. The Morgan fingerprint density at radius 2 is 1.19 bits per heavy atom. The lowest BCUT2D eigenvalue weighted by atomic mass is 9.95. The number of rotatable bonds is 8. The molecule has 1 saturated heterocycles. The molecule has 2 aromatic carbocycles. The molecule has 4 rings (SSSR count). The van der Waals surface area contributed by atoms with E-state index in [0.29, 0.717) is 6.42 Å². The van der Waals surface area contributed by atoms with Crippen molar-refractivity contribution in [2.45, 2.75) is 37.3 Å². The van der Waals surface area contributed by atoms with Gasteiger partial charge in [-0.3, -0.25) is 20.2 Å². The molecule has 1 heterocycles. The molecule has 0 bridgehead atoms. The molecule has 0 aromatic heterocycles. The van der Waals surface area contributed by atoms with Gasteiger partial charge in [0, 0.05) is 6.42 Å². The Kier molecular flexibility index (Phi) is 7.00. The summed E-state index contributed by atoms with van der Waals surface area (Å²) in [6.45, 7) is 0. The van der Waals surface area contributed by atoms with Gasteiger partial charge in [-0.25, -0.2) is 0 Å². The van der Waals surface area contributed by atoms with Gasteiger partial charge in [-0.2, -0.15) is 0 Å². The molecule has 12 nitrogen and oxygen atoms in total. The summed E-state index contributed by atoms with van der Waals surface area (Å²) in [5.74, 6) is -0.416. The minimum Gasteiger partial charge on any atom is -0.493 e. The summed E-state index contributed by atoms with van der Waals surface area (Å²) in [7, 11) is 5.55. The molecule has 0 amide bonds. The van der Waals surface area contributed by atoms with E-state index in [0.717, 1.165) is 12.8 Å². The van der Waals surface area contributed by atoms with Crippen molar-refractivity contribution in [2.75, 3.05) is 28.4 Å². The number of nitro benzene ring substituents is 2. The fraction of sp³-hybridized carbons (Fsp3) is 0.417. The van der Waals surface area contributed by atoms with Gasteiger partial charge in [0.15, 0.2) is 28.8 Å². The van der Waals surface area contributed by atoms with Crippen molar-refractivity contribution in [2.24, 2.45) is 0 Å². The monoisotopic (exact) mass is 502 g/mol. The van der Waals surface area contributed by atoms with Gasteiger partial charge in [-0.15, -0.1) is 0 Å². The Morgan fingerprint density at radius 1 is 0.778 bits per heavy atom. The van der Waals surface area contributed by atoms with Crippen molar-refractivity contribution in [3.8, 4) is 23.0 Å². The van der Waals surface area contributed by atoms with E-state index >= 15 is 0 Å². The number of nitro groups is 2. The molecule has 0 N–H and O–H groups in total. The van der Waals surface area contributed by atoms with Crippen LogP contribution in [0.5, 0.6) is 23.0 Å². The predicted octanol–water partition coefficient (Wildman–Crippen LogP) is 4.80. The zero-order chi connectivity index (χ0) is 26.0. The van der Waals surface area contributed by atoms with Gasteiger partial charge < -0.3 is 28.4 Å². The molecule has 192 valence electrons. The summed E-state index contributed by atoms with van der Waals surface area (Å²) in [5, 5.41) is 24.1. The molecule has 2 aromatic rings. The van der Waals surface area contributed by atoms with Crippen LogP contribution in [0, 0.1) is 20.2 Å². The number of nitrogens with zero attached hydrogens (tertiary/aromatic N) is 2. The number of allylic oxidation sites excluding steroid dienone is 1. The molecule has 2 aliphatic rings. The smallest absolute Gasteiger partial charge is 0.279 e. The summed E-state index contributed by atoms with van der Waals surface area (Å²) in [4.78, 5) is 23.0. The Hall–Kier alpha value is -3.90. The molecular formula is C24H26N2O10. The molecular weight excluding hydrogens is 476 g/mol. The topological polar surface area (TPSA) is 142 Å². The van der Waals surface area contributed by atoms with Crippen LogP contribution in [0.4, 0.5) is 11.4 Å². The Bertz CT molecular complexity index is 1130. The van der Waals surface area contributed by atoms with Crippen LogP contribution in [0.2, 0.25) is 0 Å². The molecule has 1 spiro atoms. The van der Waals surface area contributed by atoms with E-state index in [9.17, 15) is 20.2 Å². The largest absolute Gasteiger partial charge is 0.493 e. The van der Waals surface area contributed by atoms with Crippen molar-refractivity contribution in [1.29, 1.82) is 0 Å². The molecule has 0 unspecified atom stereocenters. The van der Waals surface area contributed by atoms with Crippen molar-refractivity contribution in [3.63, 3.8) is 0 Å². The van der Waals surface area contributed by atoms with Gasteiger partial charge in [-0.05, 0) is 31.1 Å². The van der Waals surface area contributed by atoms with Gasteiger partial charge in [0.05, 0.1) is 61.5 Å². The normalized spacial score (nSPS) is 20.2. The molecule has 0 saturated carbocycles. The van der Waals surface area contributed by atoms with Crippen LogP contribution in [0.1, 0.15) is 42.6 Å². The van der Waals surface area contributed by atoms with Gasteiger partial charge >= 0.3 is 0 Å². The summed E-state index contributed by atoms with van der Waals surface area (Å²) >= 11 is 0. The average molecular weight is 502 g/mol. The van der Waals surface area contributed by atoms with Crippen molar-refractivity contribution < 1.29 is 38.3 Å². The second-order valence-corrected chi connectivity index (χ2v) is 8.23. The van der Waals surface area contributed by atoms with Crippen LogP contribution in [0.15, 0.2) is 36.4 Å². The van der Waals surface area contributed by atoms with E-state index in [1.54, 1.807) is 6.08 Å². The highest BCUT2D eigenvalue weighted by Crippen LogP contribution is 2.55. The first kappa shape index (κ1) is 25.2. The molecule has 2 atom stereocenters. The van der Waals surface area contributed by atoms with Gasteiger partial charge in [0.2, 0.25) is 0 Å². The molecule has 1 fully saturated rings. The predicted molar refractivity (Wildman–Crippen MR) is 126 cm³/mol. The highest BCUT2D eigenvalue weighted by Gasteiger charge is 2.51. The van der Waals surface area contributed by atoms with E-state index in [-0.39, 0.29) is 45.5 Å². The maximum atomic E-state index is 12.1. The molecule has 36 heavy (non-hydrogen) atoms. The van der Waals surface area contributed by atoms with E-state index in [1.807, 2.05) is 6.08 Å². The summed E-state index contributed by atoms with van der Waals surface area (Å²) < 4.78 is 34.0. The summed E-state index contributed by atoms with van der Waals surface area (Å²) in [5.41, 5.74) is -0.345. The lowest BCUT2D eigenvalue weighted by Gasteiger charge is -2.27. The van der Waals surface area contributed by atoms with Crippen molar-refractivity contribution in [3.05, 3.63) is 67.8 Å². The Balaban J connectivity index is 1.96. The number of methoxy groups -OCH3 is 4. The average Bonchev–Trinajstić information content (AvgIpc) is 3.25. The van der Waals surface area contributed by atoms with E-state index in [4.69, 9.17) is 28.4 Å². The Morgan fingerprint density at radius 3 is 1.53 bits per heavy atom. The second kappa shape index (κ2) is 9.99. The van der Waals surface area contributed by atoms with Crippen molar-refractivity contribution >= 4 is 11.4 Å². The van der Waals surface area contributed by atoms with Crippen LogP contribution >= 0.6 is 0 Å². The third kappa shape index (κ3) is 4.40. The maximum Gasteiger partial charge on any atom is 0.279 e. The van der Waals surface area contributed by atoms with Crippen molar-refractivity contribution in [1.82, 2.24) is 0 Å². The lowest BCUT2D eigenvalue weighted by molar-refractivity contribution is -0.387. The first-order valence-electron chi connectivity index (χ1n) is 11.1. The molecule has 12 heteroatoms. The minimum absolute atomic E-state index is 0.127. The quantitative estimate of drug-likeness (QED) is 0.280. The Labute approximate surface area is 206 Å².